The molecule has 5 heteroatoms. The average molecular weight is 340 g/mol. The number of amides is 2. The minimum Gasteiger partial charge on any atom is -0.463 e. The van der Waals surface area contributed by atoms with Gasteiger partial charge in [-0.15, -0.1) is 0 Å². The van der Waals surface area contributed by atoms with Crippen LogP contribution in [0, 0.1) is 0 Å². The van der Waals surface area contributed by atoms with Crippen molar-refractivity contribution in [3.63, 3.8) is 0 Å². The number of furan rings is 1. The van der Waals surface area contributed by atoms with E-state index in [4.69, 9.17) is 16.0 Å². The van der Waals surface area contributed by atoms with Crippen molar-refractivity contribution in [2.24, 2.45) is 0 Å². The second-order valence-electron chi connectivity index (χ2n) is 5.78. The van der Waals surface area contributed by atoms with E-state index in [1.165, 1.54) is 4.90 Å². The number of carbonyl (C=O) groups is 2. The molecule has 2 heterocycles. The van der Waals surface area contributed by atoms with E-state index in [0.717, 1.165) is 17.4 Å². The van der Waals surface area contributed by atoms with Crippen LogP contribution in [-0.4, -0.2) is 23.3 Å². The fourth-order valence-electron chi connectivity index (χ4n) is 3.17. The topological polar surface area (TPSA) is 50.5 Å². The van der Waals surface area contributed by atoms with Crippen molar-refractivity contribution in [1.29, 1.82) is 0 Å². The maximum atomic E-state index is 12.3. The summed E-state index contributed by atoms with van der Waals surface area (Å²) in [5, 5.41) is 1.56. The van der Waals surface area contributed by atoms with E-state index in [2.05, 4.69) is 0 Å². The Labute approximate surface area is 143 Å². The van der Waals surface area contributed by atoms with Crippen LogP contribution < -0.4 is 0 Å². The van der Waals surface area contributed by atoms with E-state index in [0.29, 0.717) is 34.7 Å². The number of benzene rings is 2. The third kappa shape index (κ3) is 2.31. The summed E-state index contributed by atoms with van der Waals surface area (Å²) in [5.41, 5.74) is 2.76. The van der Waals surface area contributed by atoms with Crippen molar-refractivity contribution in [2.45, 2.75) is 12.8 Å². The minimum absolute atomic E-state index is 0.208. The summed E-state index contributed by atoms with van der Waals surface area (Å²) in [6, 6.07) is 12.6. The van der Waals surface area contributed by atoms with Crippen molar-refractivity contribution in [3.8, 4) is 0 Å². The van der Waals surface area contributed by atoms with E-state index in [-0.39, 0.29) is 11.8 Å². The fraction of sp³-hybridized carbons (Fsp3) is 0.158. The van der Waals surface area contributed by atoms with Crippen LogP contribution >= 0.6 is 11.6 Å². The summed E-state index contributed by atoms with van der Waals surface area (Å²) in [7, 11) is 0. The molecule has 3 aromatic rings. The number of carbonyl (C=O) groups excluding carboxylic acids is 2. The molecule has 0 saturated heterocycles. The number of nitrogens with zero attached hydrogens (tertiary/aromatic N) is 1. The molecule has 2 aromatic carbocycles. The number of aryl methyl sites for hydroxylation is 1. The zero-order valence-electron chi connectivity index (χ0n) is 12.8. The molecule has 4 nitrogen and oxygen atoms in total. The lowest BCUT2D eigenvalue weighted by Crippen LogP contribution is -2.30. The Morgan fingerprint density at radius 3 is 2.38 bits per heavy atom. The van der Waals surface area contributed by atoms with Crippen LogP contribution in [0.15, 0.2) is 53.1 Å². The molecule has 0 N–H and O–H groups in total. The molecule has 120 valence electrons. The van der Waals surface area contributed by atoms with Gasteiger partial charge in [0, 0.05) is 11.9 Å². The number of halogens is 1. The van der Waals surface area contributed by atoms with Crippen molar-refractivity contribution in [2.75, 3.05) is 6.54 Å². The zero-order valence-corrected chi connectivity index (χ0v) is 13.5. The largest absolute Gasteiger partial charge is 0.463 e. The Bertz CT molecular complexity index is 925. The Morgan fingerprint density at radius 1 is 0.958 bits per heavy atom. The van der Waals surface area contributed by atoms with Crippen LogP contribution in [0.3, 0.4) is 0 Å². The van der Waals surface area contributed by atoms with Crippen LogP contribution in [0.4, 0.5) is 0 Å². The first-order valence-corrected chi connectivity index (χ1v) is 8.14. The quantitative estimate of drug-likeness (QED) is 0.665. The van der Waals surface area contributed by atoms with Crippen LogP contribution in [0.5, 0.6) is 0 Å². The summed E-state index contributed by atoms with van der Waals surface area (Å²) in [6.45, 7) is 0.397. The van der Waals surface area contributed by atoms with Gasteiger partial charge in [0.2, 0.25) is 0 Å². The highest BCUT2D eigenvalue weighted by Crippen LogP contribution is 2.29. The Balaban J connectivity index is 1.48. The number of rotatable bonds is 4. The molecule has 1 aromatic heterocycles. The lowest BCUT2D eigenvalue weighted by Gasteiger charge is -2.13. The van der Waals surface area contributed by atoms with Gasteiger partial charge in [-0.05, 0) is 42.7 Å². The molecule has 2 amide bonds. The zero-order chi connectivity index (χ0) is 16.7. The number of hydrogen-bond acceptors (Lipinski definition) is 3. The van der Waals surface area contributed by atoms with Gasteiger partial charge in [0.15, 0.2) is 5.58 Å². The molecular formula is C19H14ClNO3. The molecule has 0 bridgehead atoms. The highest BCUT2D eigenvalue weighted by Gasteiger charge is 2.34. The second kappa shape index (κ2) is 5.80. The standard InChI is InChI=1S/C19H14ClNO3/c20-16-8-7-12(13-9-11-24-17(13)16)4-3-10-21-18(22)14-5-1-2-6-15(14)19(21)23/h1-2,5-9,11H,3-4,10H2. The van der Waals surface area contributed by atoms with Crippen molar-refractivity contribution in [3.05, 3.63) is 70.4 Å². The summed E-state index contributed by atoms with van der Waals surface area (Å²) in [6.07, 6.45) is 3.04. The predicted molar refractivity (Wildman–Crippen MR) is 91.4 cm³/mol. The Kier molecular flexibility index (Phi) is 3.62. The fourth-order valence-corrected chi connectivity index (χ4v) is 3.38. The van der Waals surface area contributed by atoms with Crippen molar-refractivity contribution in [1.82, 2.24) is 4.90 Å². The van der Waals surface area contributed by atoms with Crippen LogP contribution in [-0.2, 0) is 6.42 Å². The summed E-state index contributed by atoms with van der Waals surface area (Å²) in [5.74, 6) is -0.416. The predicted octanol–water partition coefficient (Wildman–Crippen LogP) is 4.32. The molecule has 24 heavy (non-hydrogen) atoms. The SMILES string of the molecule is O=C1c2ccccc2C(=O)N1CCCc1ccc(Cl)c2occc12. The highest BCUT2D eigenvalue weighted by molar-refractivity contribution is 6.34. The van der Waals surface area contributed by atoms with Gasteiger partial charge in [-0.25, -0.2) is 0 Å². The summed E-state index contributed by atoms with van der Waals surface area (Å²) < 4.78 is 5.39. The molecule has 0 aliphatic carbocycles. The van der Waals surface area contributed by atoms with Gasteiger partial charge in [-0.2, -0.15) is 0 Å². The molecule has 0 spiro atoms. The van der Waals surface area contributed by atoms with Gasteiger partial charge in [0.25, 0.3) is 11.8 Å². The molecule has 0 fully saturated rings. The van der Waals surface area contributed by atoms with Gasteiger partial charge in [0.05, 0.1) is 22.4 Å². The highest BCUT2D eigenvalue weighted by atomic mass is 35.5. The normalized spacial score (nSPS) is 13.8. The molecule has 0 radical (unpaired) electrons. The third-order valence-electron chi connectivity index (χ3n) is 4.36. The monoisotopic (exact) mass is 339 g/mol. The minimum atomic E-state index is -0.208. The smallest absolute Gasteiger partial charge is 0.261 e. The van der Waals surface area contributed by atoms with E-state index in [1.54, 1.807) is 30.5 Å². The summed E-state index contributed by atoms with van der Waals surface area (Å²) >= 11 is 6.11. The number of fused-ring (bicyclic) bond motifs is 2. The van der Waals surface area contributed by atoms with Gasteiger partial charge in [-0.1, -0.05) is 29.8 Å². The lowest BCUT2D eigenvalue weighted by molar-refractivity contribution is 0.0652. The van der Waals surface area contributed by atoms with Gasteiger partial charge < -0.3 is 4.42 Å². The van der Waals surface area contributed by atoms with Crippen molar-refractivity contribution >= 4 is 34.4 Å². The number of hydrogen-bond donors (Lipinski definition) is 0. The van der Waals surface area contributed by atoms with E-state index in [1.807, 2.05) is 18.2 Å². The first kappa shape index (κ1) is 15.0. The van der Waals surface area contributed by atoms with E-state index >= 15 is 0 Å². The van der Waals surface area contributed by atoms with Crippen LogP contribution in [0.1, 0.15) is 32.7 Å². The van der Waals surface area contributed by atoms with Crippen LogP contribution in [0.25, 0.3) is 11.0 Å². The van der Waals surface area contributed by atoms with E-state index < -0.39 is 0 Å². The maximum absolute atomic E-state index is 12.3. The third-order valence-corrected chi connectivity index (χ3v) is 4.66. The maximum Gasteiger partial charge on any atom is 0.261 e. The first-order valence-electron chi connectivity index (χ1n) is 7.76. The van der Waals surface area contributed by atoms with Gasteiger partial charge >= 0.3 is 0 Å². The van der Waals surface area contributed by atoms with E-state index in [9.17, 15) is 9.59 Å². The first-order chi connectivity index (χ1) is 11.7. The molecular weight excluding hydrogens is 326 g/mol. The molecule has 0 saturated carbocycles. The Hall–Kier alpha value is -2.59. The molecule has 1 aliphatic rings. The molecule has 1 aliphatic heterocycles. The summed E-state index contributed by atoms with van der Waals surface area (Å²) in [4.78, 5) is 26.0. The van der Waals surface area contributed by atoms with Gasteiger partial charge in [-0.3, -0.25) is 14.5 Å². The van der Waals surface area contributed by atoms with Crippen molar-refractivity contribution < 1.29 is 14.0 Å². The average Bonchev–Trinajstić information content (AvgIpc) is 3.18. The number of imide groups is 1. The lowest BCUT2D eigenvalue weighted by atomic mass is 10.1. The molecule has 4 rings (SSSR count). The second-order valence-corrected chi connectivity index (χ2v) is 6.19. The van der Waals surface area contributed by atoms with Crippen LogP contribution in [0.2, 0.25) is 5.02 Å². The molecule has 0 unspecified atom stereocenters. The molecule has 0 atom stereocenters. The van der Waals surface area contributed by atoms with Gasteiger partial charge in [0.1, 0.15) is 0 Å². The Morgan fingerprint density at radius 2 is 1.67 bits per heavy atom.